The number of unbranched alkanes of at least 4 members (excludes halogenated alkanes) is 1. The predicted octanol–water partition coefficient (Wildman–Crippen LogP) is 2.90. The van der Waals surface area contributed by atoms with Crippen molar-refractivity contribution in [1.29, 1.82) is 0 Å². The number of benzene rings is 2. The number of aromatic amines is 1. The van der Waals surface area contributed by atoms with E-state index >= 15 is 0 Å². The molecule has 0 saturated carbocycles. The monoisotopic (exact) mass is 469 g/mol. The lowest BCUT2D eigenvalue weighted by molar-refractivity contribution is -0.119. The summed E-state index contributed by atoms with van der Waals surface area (Å²) >= 11 is 5.91. The van der Waals surface area contributed by atoms with Gasteiger partial charge in [0, 0.05) is 24.7 Å². The van der Waals surface area contributed by atoms with Crippen molar-refractivity contribution < 1.29 is 4.79 Å². The van der Waals surface area contributed by atoms with Crippen LogP contribution in [0.25, 0.3) is 0 Å². The topological polar surface area (TPSA) is 113 Å². The molecule has 1 aromatic heterocycles. The van der Waals surface area contributed by atoms with Crippen molar-refractivity contribution in [2.45, 2.75) is 39.4 Å². The average Bonchev–Trinajstić information content (AvgIpc) is 2.79. The second-order valence-corrected chi connectivity index (χ2v) is 8.18. The fraction of sp³-hybridized carbons (Fsp3) is 0.292. The van der Waals surface area contributed by atoms with Crippen molar-refractivity contribution in [3.05, 3.63) is 91.6 Å². The standard InChI is InChI=1S/C24H28ClN5O3/c1-2-3-13-30-22(26)21(23(32)28-24(30)33)29(15-18-7-5-4-6-8-18)16-20(31)27-14-17-9-11-19(25)12-10-17/h4-12H,2-3,13-16,26H2,1H3,(H,27,31)(H,28,32,33). The predicted molar refractivity (Wildman–Crippen MR) is 131 cm³/mol. The van der Waals surface area contributed by atoms with Gasteiger partial charge in [0.25, 0.3) is 5.56 Å². The second-order valence-electron chi connectivity index (χ2n) is 7.74. The second kappa shape index (κ2) is 11.4. The van der Waals surface area contributed by atoms with Crippen LogP contribution < -0.4 is 27.2 Å². The largest absolute Gasteiger partial charge is 0.383 e. The summed E-state index contributed by atoms with van der Waals surface area (Å²) in [5, 5.41) is 3.48. The first-order valence-electron chi connectivity index (χ1n) is 10.8. The molecule has 0 radical (unpaired) electrons. The van der Waals surface area contributed by atoms with E-state index in [0.717, 1.165) is 24.0 Å². The van der Waals surface area contributed by atoms with Crippen molar-refractivity contribution in [2.24, 2.45) is 0 Å². The number of hydrogen-bond donors (Lipinski definition) is 3. The molecule has 1 amide bonds. The molecule has 0 bridgehead atoms. The van der Waals surface area contributed by atoms with Gasteiger partial charge in [-0.25, -0.2) is 4.79 Å². The minimum absolute atomic E-state index is 0.0543. The summed E-state index contributed by atoms with van der Waals surface area (Å²) in [6.07, 6.45) is 1.59. The fourth-order valence-electron chi connectivity index (χ4n) is 3.47. The van der Waals surface area contributed by atoms with Crippen molar-refractivity contribution >= 4 is 29.0 Å². The number of aromatic nitrogens is 2. The zero-order valence-corrected chi connectivity index (χ0v) is 19.3. The lowest BCUT2D eigenvalue weighted by atomic mass is 10.2. The van der Waals surface area contributed by atoms with Gasteiger partial charge in [-0.15, -0.1) is 0 Å². The van der Waals surface area contributed by atoms with Gasteiger partial charge in [0.15, 0.2) is 0 Å². The third kappa shape index (κ3) is 6.49. The summed E-state index contributed by atoms with van der Waals surface area (Å²) in [5.74, 6) is -0.232. The van der Waals surface area contributed by atoms with Crippen LogP contribution >= 0.6 is 11.6 Å². The van der Waals surface area contributed by atoms with Crippen LogP contribution in [0, 0.1) is 0 Å². The molecule has 9 heteroatoms. The zero-order valence-electron chi connectivity index (χ0n) is 18.5. The van der Waals surface area contributed by atoms with E-state index in [-0.39, 0.29) is 30.5 Å². The third-order valence-electron chi connectivity index (χ3n) is 5.22. The lowest BCUT2D eigenvalue weighted by Crippen LogP contribution is -2.42. The molecule has 1 heterocycles. The minimum atomic E-state index is -0.619. The van der Waals surface area contributed by atoms with Crippen LogP contribution in [-0.4, -0.2) is 22.0 Å². The summed E-state index contributed by atoms with van der Waals surface area (Å²) in [7, 11) is 0. The molecule has 0 spiro atoms. The minimum Gasteiger partial charge on any atom is -0.383 e. The number of hydrogen-bond acceptors (Lipinski definition) is 5. The van der Waals surface area contributed by atoms with Crippen LogP contribution in [0.4, 0.5) is 11.5 Å². The fourth-order valence-corrected chi connectivity index (χ4v) is 3.60. The summed E-state index contributed by atoms with van der Waals surface area (Å²) < 4.78 is 1.35. The Hall–Kier alpha value is -3.52. The van der Waals surface area contributed by atoms with E-state index in [1.165, 1.54) is 4.57 Å². The zero-order chi connectivity index (χ0) is 23.8. The summed E-state index contributed by atoms with van der Waals surface area (Å²) in [4.78, 5) is 41.9. The molecule has 3 aromatic rings. The molecule has 0 saturated heterocycles. The molecule has 0 fully saturated rings. The number of nitrogens with two attached hydrogens (primary N) is 1. The highest BCUT2D eigenvalue weighted by Crippen LogP contribution is 2.19. The Balaban J connectivity index is 1.88. The molecular weight excluding hydrogens is 442 g/mol. The van der Waals surface area contributed by atoms with Crippen LogP contribution in [0.3, 0.4) is 0 Å². The van der Waals surface area contributed by atoms with Crippen LogP contribution in [0.15, 0.2) is 64.2 Å². The number of nitrogens with zero attached hydrogens (tertiary/aromatic N) is 2. The van der Waals surface area contributed by atoms with Crippen LogP contribution in [0.5, 0.6) is 0 Å². The molecule has 4 N–H and O–H groups in total. The van der Waals surface area contributed by atoms with Gasteiger partial charge in [-0.1, -0.05) is 67.4 Å². The lowest BCUT2D eigenvalue weighted by Gasteiger charge is -2.26. The molecular formula is C24H28ClN5O3. The Kier molecular flexibility index (Phi) is 8.32. The normalized spacial score (nSPS) is 10.7. The Bertz CT molecular complexity index is 1190. The third-order valence-corrected chi connectivity index (χ3v) is 5.47. The van der Waals surface area contributed by atoms with E-state index in [1.807, 2.05) is 49.4 Å². The Labute approximate surface area is 197 Å². The summed E-state index contributed by atoms with van der Waals surface area (Å²) in [6, 6.07) is 16.6. The number of halogens is 1. The molecule has 0 aliphatic carbocycles. The maximum absolute atomic E-state index is 12.8. The van der Waals surface area contributed by atoms with Crippen LogP contribution in [0.2, 0.25) is 5.02 Å². The molecule has 2 aromatic carbocycles. The molecule has 174 valence electrons. The number of carbonyl (C=O) groups excluding carboxylic acids is 1. The van der Waals surface area contributed by atoms with E-state index in [9.17, 15) is 14.4 Å². The van der Waals surface area contributed by atoms with E-state index in [1.54, 1.807) is 17.0 Å². The van der Waals surface area contributed by atoms with Gasteiger partial charge in [-0.05, 0) is 29.7 Å². The van der Waals surface area contributed by atoms with Gasteiger partial charge in [-0.2, -0.15) is 0 Å². The van der Waals surface area contributed by atoms with Gasteiger partial charge < -0.3 is 16.0 Å². The van der Waals surface area contributed by atoms with E-state index in [4.69, 9.17) is 17.3 Å². The van der Waals surface area contributed by atoms with Crippen molar-refractivity contribution in [2.75, 3.05) is 17.2 Å². The van der Waals surface area contributed by atoms with E-state index in [0.29, 0.717) is 18.1 Å². The number of amides is 1. The molecule has 33 heavy (non-hydrogen) atoms. The maximum atomic E-state index is 12.8. The smallest absolute Gasteiger partial charge is 0.330 e. The first-order chi connectivity index (χ1) is 15.9. The van der Waals surface area contributed by atoms with Crippen LogP contribution in [0.1, 0.15) is 30.9 Å². The van der Waals surface area contributed by atoms with Crippen molar-refractivity contribution in [3.8, 4) is 0 Å². The summed E-state index contributed by atoms with van der Waals surface area (Å²) in [5.41, 5.74) is 7.02. The molecule has 0 aliphatic rings. The number of carbonyl (C=O) groups is 1. The average molecular weight is 470 g/mol. The molecule has 8 nitrogen and oxygen atoms in total. The number of H-pyrrole nitrogens is 1. The maximum Gasteiger partial charge on any atom is 0.330 e. The Morgan fingerprint density at radius 3 is 2.45 bits per heavy atom. The van der Waals surface area contributed by atoms with Gasteiger partial charge in [0.2, 0.25) is 5.91 Å². The van der Waals surface area contributed by atoms with Crippen LogP contribution in [-0.2, 0) is 24.4 Å². The highest BCUT2D eigenvalue weighted by atomic mass is 35.5. The highest BCUT2D eigenvalue weighted by molar-refractivity contribution is 6.30. The summed E-state index contributed by atoms with van der Waals surface area (Å²) in [6.45, 7) is 2.86. The Morgan fingerprint density at radius 2 is 1.79 bits per heavy atom. The molecule has 0 aliphatic heterocycles. The van der Waals surface area contributed by atoms with Gasteiger partial charge in [0.05, 0.1) is 6.54 Å². The van der Waals surface area contributed by atoms with Gasteiger partial charge >= 0.3 is 5.69 Å². The quantitative estimate of drug-likeness (QED) is 0.422. The Morgan fingerprint density at radius 1 is 1.09 bits per heavy atom. The number of nitrogen functional groups attached to an aromatic ring is 1. The van der Waals surface area contributed by atoms with Crippen molar-refractivity contribution in [1.82, 2.24) is 14.9 Å². The number of nitrogens with one attached hydrogen (secondary N) is 2. The number of anilines is 2. The molecule has 0 atom stereocenters. The van der Waals surface area contributed by atoms with Crippen molar-refractivity contribution in [3.63, 3.8) is 0 Å². The van der Waals surface area contributed by atoms with E-state index in [2.05, 4.69) is 10.3 Å². The molecule has 3 rings (SSSR count). The first kappa shape index (κ1) is 24.1. The number of rotatable bonds is 10. The van der Waals surface area contributed by atoms with Gasteiger partial charge in [-0.3, -0.25) is 19.1 Å². The first-order valence-corrected chi connectivity index (χ1v) is 11.2. The highest BCUT2D eigenvalue weighted by Gasteiger charge is 2.21. The SMILES string of the molecule is CCCCn1c(N)c(N(CC(=O)NCc2ccc(Cl)cc2)Cc2ccccc2)c(=O)[nH]c1=O. The molecule has 0 unspecified atom stereocenters. The van der Waals surface area contributed by atoms with Gasteiger partial charge in [0.1, 0.15) is 11.5 Å². The van der Waals surface area contributed by atoms with E-state index < -0.39 is 11.2 Å².